The maximum Gasteiger partial charge on any atom is 0.223 e. The third kappa shape index (κ3) is 2.02. The Hall–Kier alpha value is -1.16. The molecule has 0 aliphatic heterocycles. The van der Waals surface area contributed by atoms with Crippen molar-refractivity contribution in [1.29, 1.82) is 0 Å². The summed E-state index contributed by atoms with van der Waals surface area (Å²) in [6, 6.07) is 10.2. The van der Waals surface area contributed by atoms with E-state index in [0.717, 1.165) is 4.88 Å². The van der Waals surface area contributed by atoms with Crippen molar-refractivity contribution in [2.75, 3.05) is 0 Å². The van der Waals surface area contributed by atoms with Crippen molar-refractivity contribution in [2.24, 2.45) is 0 Å². The van der Waals surface area contributed by atoms with Crippen molar-refractivity contribution in [3.63, 3.8) is 0 Å². The molecule has 2 heterocycles. The number of halogens is 2. The van der Waals surface area contributed by atoms with E-state index in [-0.39, 0.29) is 5.28 Å². The number of rotatable bonds is 1. The topological polar surface area (TPSA) is 25.8 Å². The molecule has 0 radical (unpaired) electrons. The van der Waals surface area contributed by atoms with Gasteiger partial charge in [-0.3, -0.25) is 0 Å². The molecular formula is C12H6Cl2N2S. The Kier molecular flexibility index (Phi) is 2.74. The molecule has 0 fully saturated rings. The smallest absolute Gasteiger partial charge is 0.223 e. The standard InChI is InChI=1S/C12H6Cl2N2S/c13-8-6-15-12(14)16-11(8)10-5-7-3-1-2-4-9(7)17-10/h1-6H. The van der Waals surface area contributed by atoms with E-state index < -0.39 is 0 Å². The summed E-state index contributed by atoms with van der Waals surface area (Å²) in [6.45, 7) is 0. The zero-order chi connectivity index (χ0) is 11.8. The minimum atomic E-state index is 0.210. The zero-order valence-electron chi connectivity index (χ0n) is 8.52. The van der Waals surface area contributed by atoms with Crippen molar-refractivity contribution in [3.05, 3.63) is 46.8 Å². The SMILES string of the molecule is Clc1ncc(Cl)c(-c2cc3ccccc3s2)n1. The molecule has 0 aliphatic carbocycles. The number of fused-ring (bicyclic) bond motifs is 1. The molecule has 2 aromatic heterocycles. The van der Waals surface area contributed by atoms with Gasteiger partial charge in [-0.05, 0) is 29.1 Å². The lowest BCUT2D eigenvalue weighted by Gasteiger charge is -1.99. The first kappa shape index (κ1) is 11.0. The van der Waals surface area contributed by atoms with Gasteiger partial charge in [0, 0.05) is 4.70 Å². The Morgan fingerprint density at radius 3 is 2.76 bits per heavy atom. The molecule has 1 aromatic carbocycles. The summed E-state index contributed by atoms with van der Waals surface area (Å²) in [6.07, 6.45) is 1.52. The number of benzene rings is 1. The van der Waals surface area contributed by atoms with Gasteiger partial charge < -0.3 is 0 Å². The van der Waals surface area contributed by atoms with Gasteiger partial charge in [-0.25, -0.2) is 9.97 Å². The summed E-state index contributed by atoms with van der Waals surface area (Å²) in [4.78, 5) is 9.02. The van der Waals surface area contributed by atoms with Crippen LogP contribution < -0.4 is 0 Å². The number of aromatic nitrogens is 2. The molecule has 0 unspecified atom stereocenters. The fourth-order valence-corrected chi connectivity index (χ4v) is 3.07. The van der Waals surface area contributed by atoms with Gasteiger partial charge in [-0.2, -0.15) is 0 Å². The maximum atomic E-state index is 6.08. The Balaban J connectivity index is 2.23. The van der Waals surface area contributed by atoms with E-state index in [9.17, 15) is 0 Å². The maximum absolute atomic E-state index is 6.08. The van der Waals surface area contributed by atoms with Crippen molar-refractivity contribution >= 4 is 44.6 Å². The first-order valence-corrected chi connectivity index (χ1v) is 6.48. The van der Waals surface area contributed by atoms with E-state index in [4.69, 9.17) is 23.2 Å². The molecule has 3 rings (SSSR count). The monoisotopic (exact) mass is 280 g/mol. The second-order valence-electron chi connectivity index (χ2n) is 3.48. The predicted octanol–water partition coefficient (Wildman–Crippen LogP) is 4.67. The van der Waals surface area contributed by atoms with Crippen LogP contribution in [0.3, 0.4) is 0 Å². The van der Waals surface area contributed by atoms with Crippen molar-refractivity contribution in [2.45, 2.75) is 0 Å². The highest BCUT2D eigenvalue weighted by Gasteiger charge is 2.10. The minimum Gasteiger partial charge on any atom is -0.225 e. The highest BCUT2D eigenvalue weighted by atomic mass is 35.5. The molecule has 0 spiro atoms. The van der Waals surface area contributed by atoms with Crippen LogP contribution in [-0.2, 0) is 0 Å². The molecule has 0 atom stereocenters. The number of hydrogen-bond donors (Lipinski definition) is 0. The molecule has 17 heavy (non-hydrogen) atoms. The summed E-state index contributed by atoms with van der Waals surface area (Å²) < 4.78 is 1.20. The van der Waals surface area contributed by atoms with E-state index in [0.29, 0.717) is 10.7 Å². The first-order chi connectivity index (χ1) is 8.24. The molecule has 5 heteroatoms. The summed E-state index contributed by atoms with van der Waals surface area (Å²) in [5, 5.41) is 1.90. The number of thiophene rings is 1. The fraction of sp³-hybridized carbons (Fsp3) is 0. The quantitative estimate of drug-likeness (QED) is 0.606. The van der Waals surface area contributed by atoms with Crippen LogP contribution in [0.4, 0.5) is 0 Å². The van der Waals surface area contributed by atoms with E-state index in [1.807, 2.05) is 12.1 Å². The third-order valence-corrected chi connectivity index (χ3v) is 3.96. The molecule has 0 saturated carbocycles. The summed E-state index contributed by atoms with van der Waals surface area (Å²) in [5.74, 6) is 0. The Labute approximate surface area is 112 Å². The van der Waals surface area contributed by atoms with Crippen LogP contribution in [0, 0.1) is 0 Å². The molecule has 0 saturated heterocycles. The lowest BCUT2D eigenvalue weighted by molar-refractivity contribution is 1.18. The van der Waals surface area contributed by atoms with Gasteiger partial charge in [0.05, 0.1) is 16.1 Å². The minimum absolute atomic E-state index is 0.210. The van der Waals surface area contributed by atoms with Crippen molar-refractivity contribution < 1.29 is 0 Å². The van der Waals surface area contributed by atoms with Crippen LogP contribution in [0.25, 0.3) is 20.7 Å². The predicted molar refractivity (Wildman–Crippen MR) is 72.9 cm³/mol. The summed E-state index contributed by atoms with van der Waals surface area (Å²) in [7, 11) is 0. The first-order valence-electron chi connectivity index (χ1n) is 4.91. The van der Waals surface area contributed by atoms with Crippen molar-refractivity contribution in [1.82, 2.24) is 9.97 Å². The molecule has 84 valence electrons. The van der Waals surface area contributed by atoms with E-state index in [1.54, 1.807) is 11.3 Å². The van der Waals surface area contributed by atoms with Crippen molar-refractivity contribution in [3.8, 4) is 10.6 Å². The number of nitrogens with zero attached hydrogens (tertiary/aromatic N) is 2. The molecule has 2 nitrogen and oxygen atoms in total. The highest BCUT2D eigenvalue weighted by molar-refractivity contribution is 7.22. The van der Waals surface area contributed by atoms with E-state index in [2.05, 4.69) is 28.2 Å². The second kappa shape index (κ2) is 4.26. The van der Waals surface area contributed by atoms with Crippen LogP contribution in [0.15, 0.2) is 36.5 Å². The normalized spacial score (nSPS) is 10.9. The summed E-state index contributed by atoms with van der Waals surface area (Å²) in [5.41, 5.74) is 0.688. The molecule has 0 N–H and O–H groups in total. The molecule has 0 amide bonds. The van der Waals surface area contributed by atoms with Crippen LogP contribution in [0.5, 0.6) is 0 Å². The van der Waals surface area contributed by atoms with Gasteiger partial charge in [0.25, 0.3) is 0 Å². The molecular weight excluding hydrogens is 275 g/mol. The Morgan fingerprint density at radius 2 is 1.94 bits per heavy atom. The second-order valence-corrected chi connectivity index (χ2v) is 5.31. The van der Waals surface area contributed by atoms with Crippen LogP contribution in [0.2, 0.25) is 10.3 Å². The Morgan fingerprint density at radius 1 is 1.12 bits per heavy atom. The van der Waals surface area contributed by atoms with E-state index in [1.165, 1.54) is 16.3 Å². The van der Waals surface area contributed by atoms with Gasteiger partial charge >= 0.3 is 0 Å². The van der Waals surface area contributed by atoms with Gasteiger partial charge in [0.1, 0.15) is 5.69 Å². The lowest BCUT2D eigenvalue weighted by atomic mass is 10.2. The third-order valence-electron chi connectivity index (χ3n) is 2.37. The number of hydrogen-bond acceptors (Lipinski definition) is 3. The average Bonchev–Trinajstić information content (AvgIpc) is 2.75. The molecule has 0 aliphatic rings. The lowest BCUT2D eigenvalue weighted by Crippen LogP contribution is -1.86. The largest absolute Gasteiger partial charge is 0.225 e. The van der Waals surface area contributed by atoms with Crippen LogP contribution in [0.1, 0.15) is 0 Å². The van der Waals surface area contributed by atoms with Gasteiger partial charge in [-0.15, -0.1) is 11.3 Å². The summed E-state index contributed by atoms with van der Waals surface area (Å²) >= 11 is 13.5. The molecule has 0 bridgehead atoms. The molecule has 3 aromatic rings. The highest BCUT2D eigenvalue weighted by Crippen LogP contribution is 2.35. The average molecular weight is 281 g/mol. The zero-order valence-corrected chi connectivity index (χ0v) is 10.9. The Bertz CT molecular complexity index is 661. The fourth-order valence-electron chi connectivity index (χ4n) is 1.62. The van der Waals surface area contributed by atoms with Gasteiger partial charge in [0.2, 0.25) is 5.28 Å². The van der Waals surface area contributed by atoms with E-state index >= 15 is 0 Å². The van der Waals surface area contributed by atoms with Gasteiger partial charge in [-0.1, -0.05) is 29.8 Å². The van der Waals surface area contributed by atoms with Crippen LogP contribution in [-0.4, -0.2) is 9.97 Å². The van der Waals surface area contributed by atoms with Crippen LogP contribution >= 0.6 is 34.5 Å². The van der Waals surface area contributed by atoms with Gasteiger partial charge in [0.15, 0.2) is 0 Å².